The third kappa shape index (κ3) is 2.86. The lowest BCUT2D eigenvalue weighted by Gasteiger charge is -2.36. The summed E-state index contributed by atoms with van der Waals surface area (Å²) >= 11 is 0. The molecule has 0 saturated carbocycles. The van der Waals surface area contributed by atoms with Crippen molar-refractivity contribution in [1.82, 2.24) is 14.9 Å². The molecule has 1 amide bonds. The first kappa shape index (κ1) is 14.3. The number of anilines is 1. The zero-order valence-electron chi connectivity index (χ0n) is 12.4. The molecule has 0 aromatic carbocycles. The molecule has 3 rings (SSSR count). The maximum atomic E-state index is 12.4. The molecule has 1 N–H and O–H groups in total. The van der Waals surface area contributed by atoms with E-state index in [2.05, 4.69) is 14.9 Å². The summed E-state index contributed by atoms with van der Waals surface area (Å²) in [7, 11) is 0. The van der Waals surface area contributed by atoms with Crippen molar-refractivity contribution in [3.05, 3.63) is 48.0 Å². The van der Waals surface area contributed by atoms with Gasteiger partial charge in [-0.15, -0.1) is 0 Å². The molecular formula is C16H18N4O2. The normalized spacial score (nSPS) is 15.0. The Bertz CT molecular complexity index is 681. The summed E-state index contributed by atoms with van der Waals surface area (Å²) in [6.45, 7) is 4.90. The summed E-state index contributed by atoms with van der Waals surface area (Å²) in [4.78, 5) is 24.4. The van der Waals surface area contributed by atoms with Gasteiger partial charge in [-0.3, -0.25) is 14.8 Å². The molecule has 0 aliphatic carbocycles. The maximum absolute atomic E-state index is 12.4. The monoisotopic (exact) mass is 298 g/mol. The van der Waals surface area contributed by atoms with Gasteiger partial charge in [0.1, 0.15) is 5.75 Å². The van der Waals surface area contributed by atoms with E-state index in [1.54, 1.807) is 11.1 Å². The van der Waals surface area contributed by atoms with Gasteiger partial charge >= 0.3 is 0 Å². The fourth-order valence-electron chi connectivity index (χ4n) is 2.70. The van der Waals surface area contributed by atoms with Crippen molar-refractivity contribution in [2.45, 2.75) is 6.92 Å². The quantitative estimate of drug-likeness (QED) is 0.909. The molecule has 0 unspecified atom stereocenters. The summed E-state index contributed by atoms with van der Waals surface area (Å²) in [5.74, 6) is -0.0774. The van der Waals surface area contributed by atoms with Crippen LogP contribution in [0.1, 0.15) is 15.9 Å². The number of carbonyl (C=O) groups excluding carboxylic acids is 1. The molecule has 22 heavy (non-hydrogen) atoms. The van der Waals surface area contributed by atoms with Crippen LogP contribution in [0.15, 0.2) is 36.9 Å². The number of aromatic hydroxyl groups is 1. The second-order valence-electron chi connectivity index (χ2n) is 5.37. The Morgan fingerprint density at radius 3 is 2.59 bits per heavy atom. The maximum Gasteiger partial charge on any atom is 0.255 e. The highest BCUT2D eigenvalue weighted by Crippen LogP contribution is 2.20. The molecule has 3 heterocycles. The van der Waals surface area contributed by atoms with Crippen LogP contribution in [-0.2, 0) is 0 Å². The van der Waals surface area contributed by atoms with Gasteiger partial charge in [-0.05, 0) is 24.6 Å². The van der Waals surface area contributed by atoms with Gasteiger partial charge in [-0.25, -0.2) is 0 Å². The number of pyridine rings is 2. The number of rotatable bonds is 2. The number of hydrogen-bond acceptors (Lipinski definition) is 5. The van der Waals surface area contributed by atoms with Crippen molar-refractivity contribution in [2.24, 2.45) is 0 Å². The zero-order valence-corrected chi connectivity index (χ0v) is 12.4. The van der Waals surface area contributed by atoms with Gasteiger partial charge in [0.05, 0.1) is 11.8 Å². The standard InChI is InChI=1S/C16H18N4O2/c1-12-9-17-3-2-15(12)19-4-6-20(7-5-19)16(22)13-8-14(21)11-18-10-13/h2-3,8-11,21H,4-7H2,1H3. The molecule has 6 heteroatoms. The highest BCUT2D eigenvalue weighted by molar-refractivity contribution is 5.94. The van der Waals surface area contributed by atoms with E-state index in [0.717, 1.165) is 18.7 Å². The molecule has 2 aromatic rings. The number of aromatic nitrogens is 2. The van der Waals surface area contributed by atoms with E-state index in [1.165, 1.54) is 24.1 Å². The number of hydrogen-bond donors (Lipinski definition) is 1. The van der Waals surface area contributed by atoms with E-state index in [4.69, 9.17) is 0 Å². The summed E-state index contributed by atoms with van der Waals surface area (Å²) in [6.07, 6.45) is 6.45. The van der Waals surface area contributed by atoms with Crippen molar-refractivity contribution in [1.29, 1.82) is 0 Å². The molecule has 0 bridgehead atoms. The van der Waals surface area contributed by atoms with Crippen LogP contribution in [0, 0.1) is 6.92 Å². The second-order valence-corrected chi connectivity index (χ2v) is 5.37. The Labute approximate surface area is 129 Å². The van der Waals surface area contributed by atoms with Gasteiger partial charge in [0.2, 0.25) is 0 Å². The van der Waals surface area contributed by atoms with E-state index >= 15 is 0 Å². The van der Waals surface area contributed by atoms with Crippen LogP contribution in [0.2, 0.25) is 0 Å². The Morgan fingerprint density at radius 2 is 1.91 bits per heavy atom. The van der Waals surface area contributed by atoms with E-state index in [1.807, 2.05) is 19.2 Å². The minimum Gasteiger partial charge on any atom is -0.506 e. The first-order valence-electron chi connectivity index (χ1n) is 7.24. The van der Waals surface area contributed by atoms with Gasteiger partial charge in [0.15, 0.2) is 0 Å². The van der Waals surface area contributed by atoms with E-state index in [9.17, 15) is 9.90 Å². The van der Waals surface area contributed by atoms with Crippen LogP contribution >= 0.6 is 0 Å². The number of aryl methyl sites for hydroxylation is 1. The lowest BCUT2D eigenvalue weighted by Crippen LogP contribution is -2.49. The number of nitrogens with zero attached hydrogens (tertiary/aromatic N) is 4. The third-order valence-corrected chi connectivity index (χ3v) is 3.87. The van der Waals surface area contributed by atoms with Gasteiger partial charge in [0.25, 0.3) is 5.91 Å². The second kappa shape index (κ2) is 6.01. The van der Waals surface area contributed by atoms with Crippen molar-refractivity contribution in [3.63, 3.8) is 0 Å². The first-order valence-corrected chi connectivity index (χ1v) is 7.24. The Morgan fingerprint density at radius 1 is 1.14 bits per heavy atom. The first-order chi connectivity index (χ1) is 10.6. The molecule has 0 atom stereocenters. The van der Waals surface area contributed by atoms with Crippen LogP contribution in [-0.4, -0.2) is 52.1 Å². The van der Waals surface area contributed by atoms with Crippen LogP contribution in [0.3, 0.4) is 0 Å². The predicted molar refractivity (Wildman–Crippen MR) is 83.0 cm³/mol. The molecule has 6 nitrogen and oxygen atoms in total. The molecule has 1 aliphatic heterocycles. The Balaban J connectivity index is 1.67. The summed E-state index contributed by atoms with van der Waals surface area (Å²) < 4.78 is 0. The zero-order chi connectivity index (χ0) is 15.5. The fraction of sp³-hybridized carbons (Fsp3) is 0.312. The van der Waals surface area contributed by atoms with Crippen LogP contribution in [0.4, 0.5) is 5.69 Å². The van der Waals surface area contributed by atoms with E-state index in [0.29, 0.717) is 18.7 Å². The molecule has 2 aromatic heterocycles. The van der Waals surface area contributed by atoms with E-state index in [-0.39, 0.29) is 11.7 Å². The van der Waals surface area contributed by atoms with Crippen molar-refractivity contribution < 1.29 is 9.90 Å². The van der Waals surface area contributed by atoms with Gasteiger partial charge < -0.3 is 14.9 Å². The fourth-order valence-corrected chi connectivity index (χ4v) is 2.70. The summed E-state index contributed by atoms with van der Waals surface area (Å²) in [5.41, 5.74) is 2.73. The van der Waals surface area contributed by atoms with Crippen molar-refractivity contribution in [3.8, 4) is 5.75 Å². The average Bonchev–Trinajstić information content (AvgIpc) is 2.55. The van der Waals surface area contributed by atoms with E-state index < -0.39 is 0 Å². The molecule has 1 aliphatic rings. The SMILES string of the molecule is Cc1cnccc1N1CCN(C(=O)c2cncc(O)c2)CC1. The largest absolute Gasteiger partial charge is 0.506 e. The number of amides is 1. The third-order valence-electron chi connectivity index (χ3n) is 3.87. The topological polar surface area (TPSA) is 69.6 Å². The Kier molecular flexibility index (Phi) is 3.91. The van der Waals surface area contributed by atoms with Crippen LogP contribution in [0.5, 0.6) is 5.75 Å². The molecule has 0 radical (unpaired) electrons. The number of carbonyl (C=O) groups is 1. The molecule has 1 saturated heterocycles. The number of piperazine rings is 1. The van der Waals surface area contributed by atoms with Crippen LogP contribution in [0.25, 0.3) is 0 Å². The summed E-state index contributed by atoms with van der Waals surface area (Å²) in [6, 6.07) is 3.46. The van der Waals surface area contributed by atoms with Crippen molar-refractivity contribution >= 4 is 11.6 Å². The van der Waals surface area contributed by atoms with Gasteiger partial charge in [-0.2, -0.15) is 0 Å². The lowest BCUT2D eigenvalue weighted by molar-refractivity contribution is 0.0746. The highest BCUT2D eigenvalue weighted by Gasteiger charge is 2.23. The molecule has 0 spiro atoms. The molecule has 1 fully saturated rings. The van der Waals surface area contributed by atoms with Gasteiger partial charge in [0, 0.05) is 50.5 Å². The lowest BCUT2D eigenvalue weighted by atomic mass is 10.2. The Hall–Kier alpha value is -2.63. The average molecular weight is 298 g/mol. The smallest absolute Gasteiger partial charge is 0.255 e. The summed E-state index contributed by atoms with van der Waals surface area (Å²) in [5, 5.41) is 9.43. The molecule has 114 valence electrons. The minimum absolute atomic E-state index is 0.0110. The van der Waals surface area contributed by atoms with Gasteiger partial charge in [-0.1, -0.05) is 0 Å². The van der Waals surface area contributed by atoms with Crippen LogP contribution < -0.4 is 4.90 Å². The minimum atomic E-state index is -0.0884. The van der Waals surface area contributed by atoms with Crippen molar-refractivity contribution in [2.75, 3.05) is 31.1 Å². The highest BCUT2D eigenvalue weighted by atomic mass is 16.3. The predicted octanol–water partition coefficient (Wildman–Crippen LogP) is 1.45. The molecular weight excluding hydrogens is 280 g/mol.